The lowest BCUT2D eigenvalue weighted by Crippen LogP contribution is -1.97. The maximum absolute atomic E-state index is 5.83. The zero-order valence-electron chi connectivity index (χ0n) is 10.7. The third-order valence-corrected chi connectivity index (χ3v) is 3.68. The van der Waals surface area contributed by atoms with Crippen LogP contribution in [0.25, 0.3) is 22.4 Å². The van der Waals surface area contributed by atoms with E-state index in [1.807, 2.05) is 19.2 Å². The van der Waals surface area contributed by atoms with E-state index in [4.69, 9.17) is 10.7 Å². The molecule has 0 amide bonds. The molecule has 4 rings (SSSR count). The highest BCUT2D eigenvalue weighted by atomic mass is 15.3. The lowest BCUT2D eigenvalue weighted by atomic mass is 10.2. The minimum atomic E-state index is 0.633. The second-order valence-corrected chi connectivity index (χ2v) is 5.14. The van der Waals surface area contributed by atoms with Crippen molar-refractivity contribution < 1.29 is 0 Å². The van der Waals surface area contributed by atoms with Crippen molar-refractivity contribution in [1.82, 2.24) is 19.3 Å². The number of nitrogen functional groups attached to an aromatic ring is 1. The van der Waals surface area contributed by atoms with E-state index in [1.165, 1.54) is 18.2 Å². The lowest BCUT2D eigenvalue weighted by molar-refractivity contribution is 0.765. The van der Waals surface area contributed by atoms with Crippen molar-refractivity contribution >= 4 is 16.9 Å². The molecule has 3 aromatic heterocycles. The minimum absolute atomic E-state index is 0.633. The van der Waals surface area contributed by atoms with Crippen molar-refractivity contribution in [2.45, 2.75) is 18.9 Å². The van der Waals surface area contributed by atoms with Gasteiger partial charge in [0.25, 0.3) is 0 Å². The summed E-state index contributed by atoms with van der Waals surface area (Å²) >= 11 is 0. The average molecular weight is 253 g/mol. The van der Waals surface area contributed by atoms with E-state index >= 15 is 0 Å². The molecule has 5 nitrogen and oxygen atoms in total. The largest absolute Gasteiger partial charge is 0.384 e. The Hall–Kier alpha value is -2.30. The highest BCUT2D eigenvalue weighted by Crippen LogP contribution is 2.37. The van der Waals surface area contributed by atoms with Crippen LogP contribution in [0.3, 0.4) is 0 Å². The normalized spacial score (nSPS) is 15.2. The summed E-state index contributed by atoms with van der Waals surface area (Å²) < 4.78 is 3.94. The number of fused-ring (bicyclic) bond motifs is 1. The van der Waals surface area contributed by atoms with E-state index in [9.17, 15) is 0 Å². The molecule has 1 fully saturated rings. The molecule has 0 bridgehead atoms. The summed E-state index contributed by atoms with van der Waals surface area (Å²) in [6.07, 6.45) is 4.64. The van der Waals surface area contributed by atoms with Crippen LogP contribution in [0.5, 0.6) is 0 Å². The quantitative estimate of drug-likeness (QED) is 0.762. The first-order chi connectivity index (χ1) is 9.22. The zero-order valence-corrected chi connectivity index (χ0v) is 10.7. The Balaban J connectivity index is 1.88. The SMILES string of the molecule is Cn1nc(-c2ccc3ccn(C4CC4)c3n2)cc1N. The number of anilines is 1. The van der Waals surface area contributed by atoms with Crippen molar-refractivity contribution in [3.63, 3.8) is 0 Å². The number of rotatable bonds is 2. The predicted octanol–water partition coefficient (Wildman–Crippen LogP) is 2.35. The van der Waals surface area contributed by atoms with Gasteiger partial charge in [-0.1, -0.05) is 0 Å². The molecule has 0 aliphatic heterocycles. The number of aromatic nitrogens is 4. The highest BCUT2D eigenvalue weighted by molar-refractivity contribution is 5.79. The van der Waals surface area contributed by atoms with Crippen molar-refractivity contribution in [1.29, 1.82) is 0 Å². The smallest absolute Gasteiger partial charge is 0.140 e. The first-order valence-electron chi connectivity index (χ1n) is 6.50. The molecule has 0 atom stereocenters. The fourth-order valence-corrected chi connectivity index (χ4v) is 2.42. The number of hydrogen-bond donors (Lipinski definition) is 1. The number of nitrogens with zero attached hydrogens (tertiary/aromatic N) is 4. The van der Waals surface area contributed by atoms with Gasteiger partial charge in [0.15, 0.2) is 0 Å². The molecule has 0 radical (unpaired) electrons. The number of nitrogens with two attached hydrogens (primary N) is 1. The van der Waals surface area contributed by atoms with Gasteiger partial charge in [0, 0.05) is 30.7 Å². The summed E-state index contributed by atoms with van der Waals surface area (Å²) in [5, 5.41) is 5.56. The number of aryl methyl sites for hydroxylation is 1. The third kappa shape index (κ3) is 1.62. The molecular formula is C14H15N5. The molecule has 3 aromatic rings. The Morgan fingerprint density at radius 2 is 2.05 bits per heavy atom. The fourth-order valence-electron chi connectivity index (χ4n) is 2.42. The van der Waals surface area contributed by atoms with Gasteiger partial charge in [-0.05, 0) is 31.0 Å². The molecule has 0 saturated heterocycles. The van der Waals surface area contributed by atoms with Crippen LogP contribution < -0.4 is 5.73 Å². The fraction of sp³-hybridized carbons (Fsp3) is 0.286. The summed E-state index contributed by atoms with van der Waals surface area (Å²) in [6, 6.07) is 8.72. The highest BCUT2D eigenvalue weighted by Gasteiger charge is 2.25. The Morgan fingerprint density at radius 3 is 2.74 bits per heavy atom. The topological polar surface area (TPSA) is 61.7 Å². The van der Waals surface area contributed by atoms with Gasteiger partial charge >= 0.3 is 0 Å². The molecule has 3 heterocycles. The van der Waals surface area contributed by atoms with Crippen molar-refractivity contribution in [3.8, 4) is 11.4 Å². The van der Waals surface area contributed by atoms with Crippen molar-refractivity contribution in [2.75, 3.05) is 5.73 Å². The van der Waals surface area contributed by atoms with Crippen LogP contribution in [0.2, 0.25) is 0 Å². The van der Waals surface area contributed by atoms with Crippen LogP contribution in [0.4, 0.5) is 5.82 Å². The van der Waals surface area contributed by atoms with Crippen LogP contribution in [0.1, 0.15) is 18.9 Å². The molecule has 1 saturated carbocycles. The first kappa shape index (κ1) is 10.6. The van der Waals surface area contributed by atoms with Crippen molar-refractivity contribution in [3.05, 3.63) is 30.5 Å². The molecule has 0 aromatic carbocycles. The van der Waals surface area contributed by atoms with Gasteiger partial charge in [-0.25, -0.2) is 4.98 Å². The summed E-state index contributed by atoms with van der Waals surface area (Å²) in [4.78, 5) is 4.75. The Labute approximate surface area is 110 Å². The molecule has 0 spiro atoms. The Bertz CT molecular complexity index is 744. The van der Waals surface area contributed by atoms with E-state index in [0.717, 1.165) is 17.0 Å². The van der Waals surface area contributed by atoms with Crippen LogP contribution in [0, 0.1) is 0 Å². The molecule has 2 N–H and O–H groups in total. The van der Waals surface area contributed by atoms with E-state index in [1.54, 1.807) is 4.68 Å². The molecular weight excluding hydrogens is 238 g/mol. The molecule has 19 heavy (non-hydrogen) atoms. The average Bonchev–Trinajstić information content (AvgIpc) is 3.08. The second-order valence-electron chi connectivity index (χ2n) is 5.14. The number of pyridine rings is 1. The third-order valence-electron chi connectivity index (χ3n) is 3.68. The maximum atomic E-state index is 5.83. The van der Waals surface area contributed by atoms with Gasteiger partial charge in [0.2, 0.25) is 0 Å². The zero-order chi connectivity index (χ0) is 13.0. The van der Waals surface area contributed by atoms with E-state index in [0.29, 0.717) is 11.9 Å². The van der Waals surface area contributed by atoms with Gasteiger partial charge in [-0.3, -0.25) is 4.68 Å². The van der Waals surface area contributed by atoms with Gasteiger partial charge < -0.3 is 10.3 Å². The molecule has 1 aliphatic carbocycles. The second kappa shape index (κ2) is 3.60. The molecule has 1 aliphatic rings. The van der Waals surface area contributed by atoms with Gasteiger partial charge in [-0.15, -0.1) is 0 Å². The van der Waals surface area contributed by atoms with Gasteiger partial charge in [-0.2, -0.15) is 5.10 Å². The van der Waals surface area contributed by atoms with E-state index in [-0.39, 0.29) is 0 Å². The van der Waals surface area contributed by atoms with Crippen molar-refractivity contribution in [2.24, 2.45) is 7.05 Å². The predicted molar refractivity (Wildman–Crippen MR) is 74.6 cm³/mol. The lowest BCUT2D eigenvalue weighted by Gasteiger charge is -2.02. The molecule has 0 unspecified atom stereocenters. The molecule has 5 heteroatoms. The molecule has 96 valence electrons. The van der Waals surface area contributed by atoms with E-state index < -0.39 is 0 Å². The summed E-state index contributed by atoms with van der Waals surface area (Å²) in [7, 11) is 1.84. The Kier molecular flexibility index (Phi) is 2.01. The monoisotopic (exact) mass is 253 g/mol. The number of hydrogen-bond acceptors (Lipinski definition) is 3. The van der Waals surface area contributed by atoms with Gasteiger partial charge in [0.05, 0.1) is 5.69 Å². The maximum Gasteiger partial charge on any atom is 0.140 e. The van der Waals surface area contributed by atoms with Crippen LogP contribution in [-0.2, 0) is 7.05 Å². The summed E-state index contributed by atoms with van der Waals surface area (Å²) in [5.41, 5.74) is 8.57. The minimum Gasteiger partial charge on any atom is -0.384 e. The van der Waals surface area contributed by atoms with Crippen LogP contribution in [0.15, 0.2) is 30.5 Å². The van der Waals surface area contributed by atoms with Gasteiger partial charge in [0.1, 0.15) is 17.2 Å². The van der Waals surface area contributed by atoms with Crippen LogP contribution in [-0.4, -0.2) is 19.3 Å². The Morgan fingerprint density at radius 1 is 1.21 bits per heavy atom. The standard InChI is InChI=1S/C14H15N5/c1-18-13(15)8-12(17-18)11-5-2-9-6-7-19(10-3-4-10)14(9)16-11/h2,5-8,10H,3-4,15H2,1H3. The first-order valence-corrected chi connectivity index (χ1v) is 6.50. The van der Waals surface area contributed by atoms with E-state index in [2.05, 4.69) is 28.0 Å². The summed E-state index contributed by atoms with van der Waals surface area (Å²) in [6.45, 7) is 0. The van der Waals surface area contributed by atoms with Crippen LogP contribution >= 0.6 is 0 Å². The summed E-state index contributed by atoms with van der Waals surface area (Å²) in [5.74, 6) is 0.648.